The van der Waals surface area contributed by atoms with Crippen molar-refractivity contribution < 1.29 is 0 Å². The molecule has 0 radical (unpaired) electrons. The Morgan fingerprint density at radius 2 is 0.614 bits per heavy atom. The fourth-order valence-corrected chi connectivity index (χ4v) is 19.3. The van der Waals surface area contributed by atoms with Gasteiger partial charge in [-0.1, -0.05) is 191 Å². The molecule has 526 valence electrons. The Bertz CT molecular complexity index is 4990. The van der Waals surface area contributed by atoms with Crippen molar-refractivity contribution in [3.63, 3.8) is 0 Å². The molecule has 13 rings (SSSR count). The highest BCUT2D eigenvalue weighted by Gasteiger charge is 2.43. The Labute approximate surface area is 606 Å². The zero-order valence-electron chi connectivity index (χ0n) is 61.7. The first kappa shape index (κ1) is 71.7. The lowest BCUT2D eigenvalue weighted by atomic mass is 9.70. The number of fused-ring (bicyclic) bond motifs is 11. The number of aromatic nitrogens is 4. The van der Waals surface area contributed by atoms with Crippen LogP contribution < -0.4 is 21.7 Å². The van der Waals surface area contributed by atoms with Crippen LogP contribution in [0.1, 0.15) is 214 Å². The van der Waals surface area contributed by atoms with Gasteiger partial charge in [-0.2, -0.15) is 0 Å². The van der Waals surface area contributed by atoms with Crippen LogP contribution in [0.4, 0.5) is 0 Å². The summed E-state index contributed by atoms with van der Waals surface area (Å²) >= 11 is 4.20. The molecule has 0 fully saturated rings. The van der Waals surface area contributed by atoms with E-state index in [1.54, 1.807) is 11.1 Å². The molecule has 0 unspecified atom stereocenters. The minimum atomic E-state index is 0.0000644. The predicted molar refractivity (Wildman–Crippen MR) is 436 cm³/mol. The normalized spacial score (nSPS) is 12.9. The Hall–Kier alpha value is -7.66. The molecule has 0 N–H and O–H groups in total. The van der Waals surface area contributed by atoms with Crippen LogP contribution in [0.3, 0.4) is 0 Å². The van der Waals surface area contributed by atoms with Gasteiger partial charge in [-0.3, -0.25) is 19.2 Å². The van der Waals surface area contributed by atoms with Gasteiger partial charge in [0.1, 0.15) is 0 Å². The smallest absolute Gasteiger partial charge is 0.197 e. The molecular formula is C91H106N4O4S2. The van der Waals surface area contributed by atoms with Crippen molar-refractivity contribution in [2.24, 2.45) is 28.2 Å². The van der Waals surface area contributed by atoms with E-state index in [-0.39, 0.29) is 27.1 Å². The second-order valence-electron chi connectivity index (χ2n) is 29.9. The number of aryl methyl sites for hydroxylation is 8. The van der Waals surface area contributed by atoms with Gasteiger partial charge in [0.05, 0.1) is 44.1 Å². The Morgan fingerprint density at radius 1 is 0.307 bits per heavy atom. The summed E-state index contributed by atoms with van der Waals surface area (Å²) < 4.78 is 8.24. The average molecular weight is 1380 g/mol. The van der Waals surface area contributed by atoms with Gasteiger partial charge in [0.25, 0.3) is 0 Å². The van der Waals surface area contributed by atoms with E-state index < -0.39 is 0 Å². The minimum absolute atomic E-state index is 0.0000644. The lowest BCUT2D eigenvalue weighted by molar-refractivity contribution is 0.397. The summed E-state index contributed by atoms with van der Waals surface area (Å²) in [6, 6.07) is 46.5. The van der Waals surface area contributed by atoms with Crippen LogP contribution in [0, 0.1) is 13.8 Å². The van der Waals surface area contributed by atoms with Gasteiger partial charge < -0.3 is 18.3 Å². The summed E-state index contributed by atoms with van der Waals surface area (Å²) in [7, 11) is 7.98. The number of unbranched alkanes of at least 4 members (excludes halogenated alkanes) is 20. The zero-order chi connectivity index (χ0) is 70.3. The van der Waals surface area contributed by atoms with Gasteiger partial charge in [-0.05, 0) is 206 Å². The number of hydrogen-bond donors (Lipinski definition) is 0. The first-order valence-corrected chi connectivity index (χ1v) is 40.7. The molecule has 101 heavy (non-hydrogen) atoms. The first-order valence-electron chi connectivity index (χ1n) is 38.7. The molecule has 4 heterocycles. The quantitative estimate of drug-likeness (QED) is 0.0227. The maximum absolute atomic E-state index is 14.3. The van der Waals surface area contributed by atoms with E-state index in [0.29, 0.717) is 32.3 Å². The molecular weight excluding hydrogens is 1280 g/mol. The van der Waals surface area contributed by atoms with Crippen LogP contribution in [-0.2, 0) is 46.4 Å². The van der Waals surface area contributed by atoms with Crippen LogP contribution in [0.5, 0.6) is 0 Å². The van der Waals surface area contributed by atoms with E-state index in [1.165, 1.54) is 197 Å². The molecule has 8 nitrogen and oxygen atoms in total. The molecule has 0 saturated carbocycles. The summed E-state index contributed by atoms with van der Waals surface area (Å²) in [5.41, 5.74) is 18.3. The summed E-state index contributed by atoms with van der Waals surface area (Å²) in [5, 5.41) is 5.44. The molecule has 0 spiro atoms. The van der Waals surface area contributed by atoms with Gasteiger partial charge in [0, 0.05) is 86.5 Å². The van der Waals surface area contributed by atoms with Gasteiger partial charge in [0.2, 0.25) is 0 Å². The van der Waals surface area contributed by atoms with E-state index in [9.17, 15) is 19.2 Å². The Morgan fingerprint density at radius 3 is 0.990 bits per heavy atom. The van der Waals surface area contributed by atoms with Crippen molar-refractivity contribution in [1.82, 2.24) is 18.3 Å². The Balaban J connectivity index is 0.616. The third-order valence-corrected chi connectivity index (χ3v) is 25.6. The zero-order valence-corrected chi connectivity index (χ0v) is 63.3. The molecule has 4 aromatic heterocycles. The second kappa shape index (κ2) is 32.3. The van der Waals surface area contributed by atoms with Crippen molar-refractivity contribution in [1.29, 1.82) is 0 Å². The van der Waals surface area contributed by atoms with Crippen LogP contribution in [0.2, 0.25) is 0 Å². The summed E-state index contributed by atoms with van der Waals surface area (Å²) in [5.74, 6) is 2.29. The SMILES string of the molecule is CCCCCCCCC1(CCCCCCCC)c2cc(SCCCCCCCCc3ccc4c(c3)c(=O)c3cc5c(cc3n4C)c(=O)c3ccccc3n5C)c(C)cc2-c2cc(C)c(SCCCCCCCCc3ccc4c(c3)c(=O)c3cc5c(cc3n4C)c(=O)c3ccccc3n5C)cc21. The highest BCUT2D eigenvalue weighted by atomic mass is 32.2. The number of nitrogens with zero attached hydrogens (tertiary/aromatic N) is 4. The predicted octanol–water partition coefficient (Wildman–Crippen LogP) is 23.4. The van der Waals surface area contributed by atoms with Gasteiger partial charge in [0.15, 0.2) is 21.7 Å². The van der Waals surface area contributed by atoms with Crippen molar-refractivity contribution in [2.45, 2.75) is 223 Å². The third kappa shape index (κ3) is 14.7. The third-order valence-electron chi connectivity index (χ3n) is 23.1. The van der Waals surface area contributed by atoms with Crippen molar-refractivity contribution >= 4 is 111 Å². The highest BCUT2D eigenvalue weighted by Crippen LogP contribution is 2.57. The van der Waals surface area contributed by atoms with Crippen LogP contribution in [0.15, 0.2) is 162 Å². The molecule has 0 saturated heterocycles. The van der Waals surface area contributed by atoms with Gasteiger partial charge in [-0.25, -0.2) is 0 Å². The fourth-order valence-electron chi connectivity index (χ4n) is 17.2. The van der Waals surface area contributed by atoms with Gasteiger partial charge in [-0.15, -0.1) is 23.5 Å². The molecule has 0 amide bonds. The van der Waals surface area contributed by atoms with E-state index in [2.05, 4.69) is 121 Å². The number of para-hydroxylation sites is 2. The summed E-state index contributed by atoms with van der Waals surface area (Å²) in [4.78, 5) is 58.8. The van der Waals surface area contributed by atoms with Gasteiger partial charge >= 0.3 is 0 Å². The van der Waals surface area contributed by atoms with E-state index in [0.717, 1.165) is 92.1 Å². The number of benzene rings is 8. The highest BCUT2D eigenvalue weighted by molar-refractivity contribution is 7.99. The first-order chi connectivity index (χ1) is 49.2. The topological polar surface area (TPSA) is 88.0 Å². The maximum Gasteiger partial charge on any atom is 0.197 e. The summed E-state index contributed by atoms with van der Waals surface area (Å²) in [6.45, 7) is 9.40. The van der Waals surface area contributed by atoms with Crippen LogP contribution in [0.25, 0.3) is 98.4 Å². The monoisotopic (exact) mass is 1380 g/mol. The Kier molecular flexibility index (Phi) is 23.0. The largest absolute Gasteiger partial charge is 0.343 e. The molecule has 0 bridgehead atoms. The average Bonchev–Trinajstić information content (AvgIpc) is 1.71. The molecule has 8 aromatic carbocycles. The lowest BCUT2D eigenvalue weighted by Gasteiger charge is -2.34. The van der Waals surface area contributed by atoms with Crippen molar-refractivity contribution in [3.8, 4) is 11.1 Å². The van der Waals surface area contributed by atoms with Crippen molar-refractivity contribution in [2.75, 3.05) is 11.5 Å². The van der Waals surface area contributed by atoms with E-state index in [4.69, 9.17) is 0 Å². The minimum Gasteiger partial charge on any atom is -0.343 e. The number of hydrogen-bond acceptors (Lipinski definition) is 6. The van der Waals surface area contributed by atoms with Crippen LogP contribution in [-0.4, -0.2) is 29.8 Å². The summed E-state index contributed by atoms with van der Waals surface area (Å²) in [6.07, 6.45) is 34.7. The molecule has 1 aliphatic rings. The molecule has 0 atom stereocenters. The maximum atomic E-state index is 14.3. The lowest BCUT2D eigenvalue weighted by Crippen LogP contribution is -2.26. The standard InChI is InChI=1S/C91H106N4O4S2/c1-9-11-13-15-23-33-47-91(48-34-24-16-14-12-10-2)75-59-85(100-49-35-25-19-17-21-27-37-63-43-45-79-69(53-63)89(98)73-57-81-71(55-83(73)94(79)7)87(96)65-39-29-31-41-77(65)92(81)5)61(3)51-67(75)68-52-62(4)86(60-76(68)91)101-50-36-26-20-18-22-28-38-64-44-46-80-70(54-64)90(99)74-58-82-72(56-84(74)95(80)8)88(97)66-40-30-32-42-78(66)93(82)6/h29-32,39-46,51-60H,9-28,33-38,47-50H2,1-8H3. The second-order valence-corrected chi connectivity index (χ2v) is 32.2. The van der Waals surface area contributed by atoms with Crippen LogP contribution >= 0.6 is 23.5 Å². The number of rotatable bonds is 34. The number of pyridine rings is 4. The van der Waals surface area contributed by atoms with Crippen molar-refractivity contribution in [3.05, 3.63) is 208 Å². The fraction of sp³-hybridized carbons (Fsp3) is 0.429. The molecule has 10 heteroatoms. The van der Waals surface area contributed by atoms with E-state index >= 15 is 0 Å². The van der Waals surface area contributed by atoms with E-state index in [1.807, 2.05) is 110 Å². The molecule has 1 aliphatic carbocycles. The molecule has 12 aromatic rings. The molecule has 0 aliphatic heterocycles. The number of thioether (sulfide) groups is 2.